The van der Waals surface area contributed by atoms with Crippen molar-refractivity contribution in [1.82, 2.24) is 19.9 Å². The number of pyridine rings is 1. The molecule has 1 saturated carbocycles. The molecule has 32 heavy (non-hydrogen) atoms. The van der Waals surface area contributed by atoms with Gasteiger partial charge < -0.3 is 9.88 Å². The van der Waals surface area contributed by atoms with Crippen LogP contribution >= 0.6 is 11.3 Å². The third kappa shape index (κ3) is 5.91. The molecule has 3 heterocycles. The summed E-state index contributed by atoms with van der Waals surface area (Å²) in [6.07, 6.45) is 13.7. The largest absolute Gasteiger partial charge is 0.354 e. The van der Waals surface area contributed by atoms with E-state index in [-0.39, 0.29) is 11.8 Å². The molecule has 166 valence electrons. The van der Waals surface area contributed by atoms with Crippen LogP contribution in [0, 0.1) is 5.92 Å². The van der Waals surface area contributed by atoms with Crippen molar-refractivity contribution in [2.24, 2.45) is 5.92 Å². The first kappa shape index (κ1) is 22.0. The van der Waals surface area contributed by atoms with Crippen molar-refractivity contribution in [1.29, 1.82) is 0 Å². The molecular weight excluding hydrogens is 422 g/mol. The third-order valence-corrected chi connectivity index (χ3v) is 6.40. The molecule has 0 aliphatic heterocycles. The van der Waals surface area contributed by atoms with E-state index in [9.17, 15) is 9.59 Å². The molecule has 2 N–H and O–H groups in total. The Kier molecular flexibility index (Phi) is 7.11. The molecule has 1 aliphatic carbocycles. The fourth-order valence-electron chi connectivity index (χ4n) is 4.00. The van der Waals surface area contributed by atoms with E-state index >= 15 is 0 Å². The van der Waals surface area contributed by atoms with Gasteiger partial charge in [0, 0.05) is 43.5 Å². The van der Waals surface area contributed by atoms with Gasteiger partial charge in [-0.3, -0.25) is 19.9 Å². The lowest BCUT2D eigenvalue weighted by molar-refractivity contribution is -0.119. The number of aromatic nitrogens is 3. The van der Waals surface area contributed by atoms with Gasteiger partial charge in [-0.1, -0.05) is 6.08 Å². The molecule has 0 bridgehead atoms. The number of rotatable bonds is 7. The number of anilines is 1. The van der Waals surface area contributed by atoms with E-state index in [1.807, 2.05) is 46.5 Å². The summed E-state index contributed by atoms with van der Waals surface area (Å²) in [5.74, 6) is 0.368. The molecule has 0 radical (unpaired) electrons. The molecular formula is C24H27N5O2S. The first-order valence-corrected chi connectivity index (χ1v) is 11.7. The van der Waals surface area contributed by atoms with E-state index in [4.69, 9.17) is 0 Å². The average molecular weight is 450 g/mol. The van der Waals surface area contributed by atoms with E-state index in [0.29, 0.717) is 29.3 Å². The topological polar surface area (TPSA) is 88.9 Å². The highest BCUT2D eigenvalue weighted by Crippen LogP contribution is 2.26. The highest BCUT2D eigenvalue weighted by atomic mass is 32.1. The Hall–Kier alpha value is -3.26. The maximum atomic E-state index is 12.8. The van der Waals surface area contributed by atoms with Gasteiger partial charge in [-0.05, 0) is 67.5 Å². The molecule has 0 unspecified atom stereocenters. The molecule has 0 aromatic carbocycles. The minimum Gasteiger partial charge on any atom is -0.354 e. The monoisotopic (exact) mass is 449 g/mol. The van der Waals surface area contributed by atoms with Crippen molar-refractivity contribution in [2.75, 3.05) is 5.32 Å². The Bertz CT molecular complexity index is 1080. The maximum Gasteiger partial charge on any atom is 0.274 e. The molecule has 3 aromatic rings. The van der Waals surface area contributed by atoms with E-state index in [1.54, 1.807) is 19.3 Å². The van der Waals surface area contributed by atoms with Gasteiger partial charge >= 0.3 is 0 Å². The summed E-state index contributed by atoms with van der Waals surface area (Å²) < 4.78 is 1.91. The summed E-state index contributed by atoms with van der Waals surface area (Å²) in [5, 5.41) is 8.46. The molecule has 8 heteroatoms. The molecule has 1 aliphatic rings. The zero-order valence-corrected chi connectivity index (χ0v) is 18.8. The SMILES string of the molecule is CC(=O)N[C@H]1CC[C@H](/C=C/c2csc(NC(=O)c3cccn3Cc3ccncc3)n2)CC1. The summed E-state index contributed by atoms with van der Waals surface area (Å²) in [4.78, 5) is 32.5. The minimum atomic E-state index is -0.176. The van der Waals surface area contributed by atoms with Crippen LogP contribution in [-0.2, 0) is 11.3 Å². The number of carbonyl (C=O) groups is 2. The van der Waals surface area contributed by atoms with Crippen LogP contribution in [0.5, 0.6) is 0 Å². The Labute approximate surface area is 191 Å². The Morgan fingerprint density at radius 3 is 2.72 bits per heavy atom. The van der Waals surface area contributed by atoms with Gasteiger partial charge in [0.25, 0.3) is 5.91 Å². The summed E-state index contributed by atoms with van der Waals surface area (Å²) in [6, 6.07) is 7.85. The second kappa shape index (κ2) is 10.4. The predicted molar refractivity (Wildman–Crippen MR) is 126 cm³/mol. The van der Waals surface area contributed by atoms with Gasteiger partial charge in [-0.25, -0.2) is 4.98 Å². The van der Waals surface area contributed by atoms with Crippen LogP contribution in [0.25, 0.3) is 6.08 Å². The quantitative estimate of drug-likeness (QED) is 0.561. The smallest absolute Gasteiger partial charge is 0.274 e. The van der Waals surface area contributed by atoms with Crippen molar-refractivity contribution in [3.8, 4) is 0 Å². The molecule has 0 spiro atoms. The average Bonchev–Trinajstić information content (AvgIpc) is 3.43. The molecule has 2 amide bonds. The van der Waals surface area contributed by atoms with Crippen molar-refractivity contribution < 1.29 is 9.59 Å². The molecule has 4 rings (SSSR count). The number of allylic oxidation sites excluding steroid dienone is 1. The first-order chi connectivity index (χ1) is 15.6. The zero-order valence-electron chi connectivity index (χ0n) is 18.0. The highest BCUT2D eigenvalue weighted by molar-refractivity contribution is 7.14. The van der Waals surface area contributed by atoms with Crippen molar-refractivity contribution in [3.05, 3.63) is 71.3 Å². The van der Waals surface area contributed by atoms with Crippen LogP contribution in [0.1, 0.15) is 54.4 Å². The second-order valence-corrected chi connectivity index (χ2v) is 8.94. The van der Waals surface area contributed by atoms with Gasteiger partial charge in [0.15, 0.2) is 5.13 Å². The van der Waals surface area contributed by atoms with Gasteiger partial charge in [0.2, 0.25) is 5.91 Å². The predicted octanol–water partition coefficient (Wildman–Crippen LogP) is 4.35. The number of nitrogens with one attached hydrogen (secondary N) is 2. The lowest BCUT2D eigenvalue weighted by Gasteiger charge is -2.27. The van der Waals surface area contributed by atoms with Crippen LogP contribution < -0.4 is 10.6 Å². The fraction of sp³-hybridized carbons (Fsp3) is 0.333. The lowest BCUT2D eigenvalue weighted by atomic mass is 9.85. The van der Waals surface area contributed by atoms with Gasteiger partial charge in [-0.2, -0.15) is 0 Å². The molecule has 7 nitrogen and oxygen atoms in total. The van der Waals surface area contributed by atoms with E-state index < -0.39 is 0 Å². The minimum absolute atomic E-state index is 0.0469. The standard InChI is InChI=1S/C24H27N5O2S/c1-17(30)26-20-7-4-18(5-8-20)6-9-21-16-32-24(27-21)28-23(31)22-3-2-14-29(22)15-19-10-12-25-13-11-19/h2-3,6,9-14,16,18,20H,4-5,7-8,15H2,1H3,(H,26,30)(H,27,28,31)/b9-6+/t18-,20-. The first-order valence-electron chi connectivity index (χ1n) is 10.8. The number of thiazole rings is 1. The second-order valence-electron chi connectivity index (χ2n) is 8.08. The summed E-state index contributed by atoms with van der Waals surface area (Å²) in [7, 11) is 0. The van der Waals surface area contributed by atoms with E-state index in [2.05, 4.69) is 26.7 Å². The van der Waals surface area contributed by atoms with Crippen LogP contribution in [0.15, 0.2) is 54.3 Å². The molecule has 0 saturated heterocycles. The van der Waals surface area contributed by atoms with Gasteiger partial charge in [0.1, 0.15) is 5.69 Å². The lowest BCUT2D eigenvalue weighted by Crippen LogP contribution is -2.35. The van der Waals surface area contributed by atoms with Crippen LogP contribution in [0.2, 0.25) is 0 Å². The fourth-order valence-corrected chi connectivity index (χ4v) is 4.68. The number of hydrogen-bond acceptors (Lipinski definition) is 5. The van der Waals surface area contributed by atoms with Crippen LogP contribution in [0.4, 0.5) is 5.13 Å². The van der Waals surface area contributed by atoms with Crippen LogP contribution in [0.3, 0.4) is 0 Å². The van der Waals surface area contributed by atoms with E-state index in [0.717, 1.165) is 36.9 Å². The molecule has 3 aromatic heterocycles. The van der Waals surface area contributed by atoms with Gasteiger partial charge in [-0.15, -0.1) is 11.3 Å². The summed E-state index contributed by atoms with van der Waals surface area (Å²) >= 11 is 1.42. The molecule has 0 atom stereocenters. The maximum absolute atomic E-state index is 12.8. The zero-order chi connectivity index (χ0) is 22.3. The van der Waals surface area contributed by atoms with Crippen LogP contribution in [-0.4, -0.2) is 32.4 Å². The number of nitrogens with zero attached hydrogens (tertiary/aromatic N) is 3. The number of hydrogen-bond donors (Lipinski definition) is 2. The highest BCUT2D eigenvalue weighted by Gasteiger charge is 2.20. The van der Waals surface area contributed by atoms with Crippen molar-refractivity contribution >= 4 is 34.4 Å². The van der Waals surface area contributed by atoms with Crippen molar-refractivity contribution in [2.45, 2.75) is 45.2 Å². The van der Waals surface area contributed by atoms with E-state index in [1.165, 1.54) is 11.3 Å². The number of amides is 2. The Morgan fingerprint density at radius 1 is 1.19 bits per heavy atom. The summed E-state index contributed by atoms with van der Waals surface area (Å²) in [6.45, 7) is 2.18. The summed E-state index contributed by atoms with van der Waals surface area (Å²) in [5.41, 5.74) is 2.52. The number of carbonyl (C=O) groups excluding carboxylic acids is 2. The van der Waals surface area contributed by atoms with Gasteiger partial charge in [0.05, 0.1) is 5.69 Å². The third-order valence-electron chi connectivity index (χ3n) is 5.63. The normalized spacial score (nSPS) is 18.5. The van der Waals surface area contributed by atoms with Crippen molar-refractivity contribution in [3.63, 3.8) is 0 Å². The Balaban J connectivity index is 1.31. The Morgan fingerprint density at radius 2 is 1.97 bits per heavy atom. The molecule has 1 fully saturated rings.